The lowest BCUT2D eigenvalue weighted by Gasteiger charge is -2.16. The number of aromatic nitrogens is 1. The molecule has 3 rings (SSSR count). The topological polar surface area (TPSA) is 70.0 Å². The second-order valence-corrected chi connectivity index (χ2v) is 6.02. The lowest BCUT2D eigenvalue weighted by atomic mass is 9.95. The zero-order valence-electron chi connectivity index (χ0n) is 16.4. The Morgan fingerprint density at radius 3 is 2.21 bits per heavy atom. The molecule has 0 spiro atoms. The van der Waals surface area contributed by atoms with Gasteiger partial charge in [-0.25, -0.2) is 0 Å². The minimum atomic E-state index is 0.0615. The largest absolute Gasteiger partial charge is 0.504 e. The molecule has 0 aliphatic heterocycles. The van der Waals surface area contributed by atoms with Gasteiger partial charge in [-0.05, 0) is 47.7 Å². The molecule has 0 amide bonds. The molecular formula is C22H23NO5. The van der Waals surface area contributed by atoms with Gasteiger partial charge in [-0.2, -0.15) is 0 Å². The average Bonchev–Trinajstić information content (AvgIpc) is 2.73. The van der Waals surface area contributed by atoms with E-state index >= 15 is 0 Å². The molecule has 146 valence electrons. The van der Waals surface area contributed by atoms with Crippen molar-refractivity contribution in [2.45, 2.75) is 6.92 Å². The van der Waals surface area contributed by atoms with Crippen molar-refractivity contribution in [2.75, 3.05) is 27.9 Å². The molecule has 28 heavy (non-hydrogen) atoms. The Labute approximate surface area is 164 Å². The molecule has 0 aliphatic rings. The van der Waals surface area contributed by atoms with Crippen LogP contribution in [0.2, 0.25) is 0 Å². The molecule has 1 N–H and O–H groups in total. The predicted molar refractivity (Wildman–Crippen MR) is 109 cm³/mol. The van der Waals surface area contributed by atoms with Crippen molar-refractivity contribution >= 4 is 16.3 Å². The first-order valence-corrected chi connectivity index (χ1v) is 8.77. The van der Waals surface area contributed by atoms with E-state index < -0.39 is 0 Å². The maximum absolute atomic E-state index is 10.5. The van der Waals surface area contributed by atoms with Gasteiger partial charge >= 0.3 is 0 Å². The van der Waals surface area contributed by atoms with Crippen LogP contribution >= 0.6 is 0 Å². The summed E-state index contributed by atoms with van der Waals surface area (Å²) in [5, 5.41) is 11.9. The number of rotatable bonds is 7. The quantitative estimate of drug-likeness (QED) is 0.653. The maximum atomic E-state index is 10.5. The van der Waals surface area contributed by atoms with E-state index in [-0.39, 0.29) is 5.75 Å². The summed E-state index contributed by atoms with van der Waals surface area (Å²) in [6.07, 6.45) is 3.33. The van der Waals surface area contributed by atoms with E-state index in [0.29, 0.717) is 40.6 Å². The number of hydrogen-bond acceptors (Lipinski definition) is 6. The van der Waals surface area contributed by atoms with Crippen molar-refractivity contribution in [1.29, 1.82) is 0 Å². The highest BCUT2D eigenvalue weighted by Gasteiger charge is 2.18. The normalized spacial score (nSPS) is 10.6. The summed E-state index contributed by atoms with van der Waals surface area (Å²) >= 11 is 0. The minimum absolute atomic E-state index is 0.0615. The van der Waals surface area contributed by atoms with Crippen LogP contribution in [0.25, 0.3) is 16.3 Å². The highest BCUT2D eigenvalue weighted by atomic mass is 16.5. The zero-order chi connectivity index (χ0) is 20.3. The predicted octanol–water partition coefficient (Wildman–Crippen LogP) is 4.43. The van der Waals surface area contributed by atoms with Crippen molar-refractivity contribution in [2.24, 2.45) is 0 Å². The van der Waals surface area contributed by atoms with Crippen LogP contribution in [-0.4, -0.2) is 38.0 Å². The molecular weight excluding hydrogens is 358 g/mol. The van der Waals surface area contributed by atoms with Crippen LogP contribution in [0.3, 0.4) is 0 Å². The third-order valence-corrected chi connectivity index (χ3v) is 4.52. The van der Waals surface area contributed by atoms with Gasteiger partial charge in [0.05, 0.1) is 27.9 Å². The van der Waals surface area contributed by atoms with Gasteiger partial charge in [-0.1, -0.05) is 6.58 Å². The Morgan fingerprint density at radius 2 is 1.64 bits per heavy atom. The van der Waals surface area contributed by atoms with Crippen molar-refractivity contribution < 1.29 is 24.1 Å². The Morgan fingerprint density at radius 1 is 0.964 bits per heavy atom. The number of hydrogen-bond donors (Lipinski definition) is 1. The second-order valence-electron chi connectivity index (χ2n) is 6.02. The average molecular weight is 381 g/mol. The van der Waals surface area contributed by atoms with Crippen LogP contribution in [-0.2, 0) is 0 Å². The van der Waals surface area contributed by atoms with Crippen LogP contribution in [0.4, 0.5) is 0 Å². The molecule has 0 saturated heterocycles. The number of methoxy groups -OCH3 is 3. The molecule has 3 aromatic rings. The molecule has 1 heterocycles. The second kappa shape index (κ2) is 8.08. The summed E-state index contributed by atoms with van der Waals surface area (Å²) in [7, 11) is 4.69. The fraction of sp³-hybridized carbons (Fsp3) is 0.227. The minimum Gasteiger partial charge on any atom is -0.504 e. The third kappa shape index (κ3) is 3.29. The van der Waals surface area contributed by atoms with E-state index in [0.717, 1.165) is 16.5 Å². The summed E-state index contributed by atoms with van der Waals surface area (Å²) in [6.45, 7) is 6.56. The van der Waals surface area contributed by atoms with E-state index in [2.05, 4.69) is 11.6 Å². The van der Waals surface area contributed by atoms with Crippen LogP contribution in [0.1, 0.15) is 18.1 Å². The summed E-state index contributed by atoms with van der Waals surface area (Å²) in [5.41, 5.74) is 2.28. The van der Waals surface area contributed by atoms with Gasteiger partial charge in [0.15, 0.2) is 23.0 Å². The first-order valence-electron chi connectivity index (χ1n) is 8.77. The van der Waals surface area contributed by atoms with E-state index in [4.69, 9.17) is 18.9 Å². The Hall–Kier alpha value is -3.41. The molecule has 0 bridgehead atoms. The summed E-state index contributed by atoms with van der Waals surface area (Å²) in [6, 6.07) is 7.29. The standard InChI is InChI=1S/C22H23NO5/c1-6-28-18-8-7-15-16(11-23-12-17(15)21(18)24)13(2)14-9-19(25-3)22(27-5)20(10-14)26-4/h7-12,24H,2,6H2,1,3-5H3. The number of benzene rings is 2. The first kappa shape index (κ1) is 19.4. The molecule has 0 fully saturated rings. The highest BCUT2D eigenvalue weighted by Crippen LogP contribution is 2.42. The molecule has 6 heteroatoms. The lowest BCUT2D eigenvalue weighted by molar-refractivity contribution is 0.320. The monoisotopic (exact) mass is 381 g/mol. The Balaban J connectivity index is 2.15. The van der Waals surface area contributed by atoms with Gasteiger partial charge in [-0.15, -0.1) is 0 Å². The van der Waals surface area contributed by atoms with Gasteiger partial charge in [0, 0.05) is 23.3 Å². The molecule has 2 aromatic carbocycles. The molecule has 0 saturated carbocycles. The number of pyridine rings is 1. The number of phenols is 1. The fourth-order valence-corrected chi connectivity index (χ4v) is 3.13. The van der Waals surface area contributed by atoms with Crippen LogP contribution in [0.5, 0.6) is 28.7 Å². The van der Waals surface area contributed by atoms with Crippen molar-refractivity contribution in [3.05, 3.63) is 54.4 Å². The molecule has 1 aromatic heterocycles. The smallest absolute Gasteiger partial charge is 0.203 e. The third-order valence-electron chi connectivity index (χ3n) is 4.52. The van der Waals surface area contributed by atoms with Crippen LogP contribution < -0.4 is 18.9 Å². The van der Waals surface area contributed by atoms with Gasteiger partial charge in [0.1, 0.15) is 0 Å². The lowest BCUT2D eigenvalue weighted by Crippen LogP contribution is -1.98. The molecule has 0 radical (unpaired) electrons. The van der Waals surface area contributed by atoms with Gasteiger partial charge < -0.3 is 24.1 Å². The number of aromatic hydroxyl groups is 1. The molecule has 0 atom stereocenters. The number of phenolic OH excluding ortho intramolecular Hbond substituents is 1. The number of fused-ring (bicyclic) bond motifs is 1. The summed E-state index contributed by atoms with van der Waals surface area (Å²) in [5.74, 6) is 2.07. The zero-order valence-corrected chi connectivity index (χ0v) is 16.4. The van der Waals surface area contributed by atoms with Gasteiger partial charge in [0.25, 0.3) is 0 Å². The molecule has 0 unspecified atom stereocenters. The first-order chi connectivity index (χ1) is 13.5. The summed E-state index contributed by atoms with van der Waals surface area (Å²) in [4.78, 5) is 4.28. The van der Waals surface area contributed by atoms with Crippen molar-refractivity contribution in [1.82, 2.24) is 4.98 Å². The molecule has 0 aliphatic carbocycles. The van der Waals surface area contributed by atoms with E-state index in [9.17, 15) is 5.11 Å². The van der Waals surface area contributed by atoms with E-state index in [1.165, 1.54) is 0 Å². The van der Waals surface area contributed by atoms with E-state index in [1.54, 1.807) is 39.8 Å². The van der Waals surface area contributed by atoms with Crippen LogP contribution in [0, 0.1) is 0 Å². The highest BCUT2D eigenvalue weighted by molar-refractivity contribution is 6.00. The van der Waals surface area contributed by atoms with E-state index in [1.807, 2.05) is 25.1 Å². The van der Waals surface area contributed by atoms with Gasteiger partial charge in [0.2, 0.25) is 5.75 Å². The Bertz CT molecular complexity index is 1000. The van der Waals surface area contributed by atoms with Crippen LogP contribution in [0.15, 0.2) is 43.2 Å². The summed E-state index contributed by atoms with van der Waals surface area (Å²) < 4.78 is 21.7. The van der Waals surface area contributed by atoms with Crippen molar-refractivity contribution in [3.8, 4) is 28.7 Å². The van der Waals surface area contributed by atoms with Crippen molar-refractivity contribution in [3.63, 3.8) is 0 Å². The fourth-order valence-electron chi connectivity index (χ4n) is 3.13. The number of nitrogens with zero attached hydrogens (tertiary/aromatic N) is 1. The number of ether oxygens (including phenoxy) is 4. The van der Waals surface area contributed by atoms with Gasteiger partial charge in [-0.3, -0.25) is 4.98 Å². The SMILES string of the molecule is C=C(c1cc(OC)c(OC)c(OC)c1)c1cncc2c(O)c(OCC)ccc12. The molecule has 6 nitrogen and oxygen atoms in total. The maximum Gasteiger partial charge on any atom is 0.203 e. The Kier molecular flexibility index (Phi) is 5.59.